The number of hydrogen-bond acceptors (Lipinski definition) is 1. The smallest absolute Gasteiger partial charge is 0.405 e. The lowest BCUT2D eigenvalue weighted by Crippen LogP contribution is -2.17. The normalized spacial score (nSPS) is 11.2. The Morgan fingerprint density at radius 2 is 1.80 bits per heavy atom. The Kier molecular flexibility index (Phi) is 3.84. The molecule has 1 nitrogen and oxygen atoms in total. The number of alkyl halides is 3. The Bertz CT molecular complexity index is 630. The lowest BCUT2D eigenvalue weighted by atomic mass is 9.99. The Hall–Kier alpha value is -2.23. The van der Waals surface area contributed by atoms with E-state index in [1.165, 1.54) is 12.1 Å². The van der Waals surface area contributed by atoms with Gasteiger partial charge in [-0.15, -0.1) is 13.2 Å². The molecule has 2 aromatic rings. The maximum Gasteiger partial charge on any atom is 0.573 e. The summed E-state index contributed by atoms with van der Waals surface area (Å²) in [6.07, 6.45) is -3.05. The summed E-state index contributed by atoms with van der Waals surface area (Å²) in [5, 5.41) is 0. The highest BCUT2D eigenvalue weighted by Crippen LogP contribution is 2.34. The molecule has 0 bridgehead atoms. The largest absolute Gasteiger partial charge is 0.573 e. The van der Waals surface area contributed by atoms with Crippen LogP contribution >= 0.6 is 0 Å². The Morgan fingerprint density at radius 3 is 2.45 bits per heavy atom. The van der Waals surface area contributed by atoms with Crippen LogP contribution in [-0.4, -0.2) is 6.36 Å². The summed E-state index contributed by atoms with van der Waals surface area (Å²) in [6.45, 7) is 5.56. The van der Waals surface area contributed by atoms with Crippen molar-refractivity contribution in [2.75, 3.05) is 0 Å². The summed E-state index contributed by atoms with van der Waals surface area (Å²) in [5.41, 5.74) is 2.86. The Labute approximate surface area is 115 Å². The van der Waals surface area contributed by atoms with Crippen LogP contribution in [0.25, 0.3) is 17.2 Å². The summed E-state index contributed by atoms with van der Waals surface area (Å²) < 4.78 is 41.3. The number of para-hydroxylation sites is 1. The van der Waals surface area contributed by atoms with Crippen molar-refractivity contribution in [1.29, 1.82) is 0 Å². The fourth-order valence-corrected chi connectivity index (χ4v) is 2.00. The number of hydrogen-bond donors (Lipinski definition) is 0. The molecule has 0 N–H and O–H groups in total. The van der Waals surface area contributed by atoms with Gasteiger partial charge in [0.05, 0.1) is 0 Å². The lowest BCUT2D eigenvalue weighted by Gasteiger charge is -2.14. The summed E-state index contributed by atoms with van der Waals surface area (Å²) in [5.74, 6) is -0.208. The van der Waals surface area contributed by atoms with Crippen LogP contribution in [-0.2, 0) is 0 Å². The van der Waals surface area contributed by atoms with Gasteiger partial charge in [-0.3, -0.25) is 0 Å². The first-order valence-electron chi connectivity index (χ1n) is 5.98. The van der Waals surface area contributed by atoms with Gasteiger partial charge >= 0.3 is 6.36 Å². The SMILES string of the molecule is C=Cc1cc(C)cc(-c2ccccc2OC(F)(F)F)c1. The third-order valence-corrected chi connectivity index (χ3v) is 2.76. The number of rotatable bonds is 3. The van der Waals surface area contributed by atoms with Crippen molar-refractivity contribution in [3.63, 3.8) is 0 Å². The van der Waals surface area contributed by atoms with Crippen molar-refractivity contribution in [3.05, 3.63) is 60.2 Å². The first kappa shape index (κ1) is 14.2. The summed E-state index contributed by atoms with van der Waals surface area (Å²) in [7, 11) is 0. The van der Waals surface area contributed by atoms with Crippen LogP contribution in [0.2, 0.25) is 0 Å². The summed E-state index contributed by atoms with van der Waals surface area (Å²) >= 11 is 0. The van der Waals surface area contributed by atoms with Crippen molar-refractivity contribution in [1.82, 2.24) is 0 Å². The van der Waals surface area contributed by atoms with Gasteiger partial charge in [0.1, 0.15) is 5.75 Å². The molecule has 0 unspecified atom stereocenters. The average molecular weight is 278 g/mol. The van der Waals surface area contributed by atoms with Gasteiger partial charge < -0.3 is 4.74 Å². The molecule has 0 spiro atoms. The van der Waals surface area contributed by atoms with E-state index in [0.29, 0.717) is 11.1 Å². The Morgan fingerprint density at radius 1 is 1.10 bits per heavy atom. The van der Waals surface area contributed by atoms with Gasteiger partial charge in [0.15, 0.2) is 0 Å². The van der Waals surface area contributed by atoms with Gasteiger partial charge in [0.2, 0.25) is 0 Å². The monoisotopic (exact) mass is 278 g/mol. The molecular formula is C16H13F3O. The average Bonchev–Trinajstić information content (AvgIpc) is 2.36. The van der Waals surface area contributed by atoms with Crippen molar-refractivity contribution < 1.29 is 17.9 Å². The van der Waals surface area contributed by atoms with Crippen LogP contribution in [0.5, 0.6) is 5.75 Å². The molecule has 104 valence electrons. The zero-order valence-electron chi connectivity index (χ0n) is 10.9. The van der Waals surface area contributed by atoms with Crippen LogP contribution in [0, 0.1) is 6.92 Å². The fraction of sp³-hybridized carbons (Fsp3) is 0.125. The van der Waals surface area contributed by atoms with Crippen molar-refractivity contribution in [2.24, 2.45) is 0 Å². The van der Waals surface area contributed by atoms with E-state index in [1.807, 2.05) is 19.1 Å². The molecule has 0 saturated heterocycles. The second kappa shape index (κ2) is 5.41. The van der Waals surface area contributed by atoms with Gasteiger partial charge in [0.25, 0.3) is 0 Å². The molecule has 0 aliphatic carbocycles. The van der Waals surface area contributed by atoms with E-state index in [9.17, 15) is 13.2 Å². The molecule has 0 aliphatic heterocycles. The van der Waals surface area contributed by atoms with Crippen LogP contribution in [0.4, 0.5) is 13.2 Å². The topological polar surface area (TPSA) is 9.23 Å². The maximum atomic E-state index is 12.4. The first-order chi connectivity index (χ1) is 9.39. The number of halogens is 3. The molecule has 4 heteroatoms. The molecule has 0 aliphatic rings. The zero-order valence-corrected chi connectivity index (χ0v) is 10.9. The van der Waals surface area contributed by atoms with Gasteiger partial charge in [-0.05, 0) is 35.7 Å². The van der Waals surface area contributed by atoms with Crippen LogP contribution in [0.15, 0.2) is 49.0 Å². The maximum absolute atomic E-state index is 12.4. The number of ether oxygens (including phenoxy) is 1. The minimum atomic E-state index is -4.71. The molecule has 0 amide bonds. The standard InChI is InChI=1S/C16H13F3O/c1-3-12-8-11(2)9-13(10-12)14-6-4-5-7-15(14)20-16(17,18)19/h3-10H,1H2,2H3. The molecule has 0 saturated carbocycles. The van der Waals surface area contributed by atoms with E-state index in [2.05, 4.69) is 11.3 Å². The number of aryl methyl sites for hydroxylation is 1. The molecule has 2 rings (SSSR count). The second-order valence-electron chi connectivity index (χ2n) is 4.38. The number of benzene rings is 2. The van der Waals surface area contributed by atoms with Crippen molar-refractivity contribution in [3.8, 4) is 16.9 Å². The highest BCUT2D eigenvalue weighted by Gasteiger charge is 2.32. The van der Waals surface area contributed by atoms with Gasteiger partial charge in [-0.1, -0.05) is 43.0 Å². The van der Waals surface area contributed by atoms with E-state index in [4.69, 9.17) is 0 Å². The molecule has 0 heterocycles. The van der Waals surface area contributed by atoms with Gasteiger partial charge in [-0.2, -0.15) is 0 Å². The van der Waals surface area contributed by atoms with Crippen LogP contribution < -0.4 is 4.74 Å². The van der Waals surface area contributed by atoms with Crippen molar-refractivity contribution in [2.45, 2.75) is 13.3 Å². The quantitative estimate of drug-likeness (QED) is 0.749. The third-order valence-electron chi connectivity index (χ3n) is 2.76. The van der Waals surface area contributed by atoms with Crippen LogP contribution in [0.3, 0.4) is 0 Å². The minimum Gasteiger partial charge on any atom is -0.405 e. The first-order valence-corrected chi connectivity index (χ1v) is 5.98. The molecule has 0 radical (unpaired) electrons. The predicted octanol–water partition coefficient (Wildman–Crippen LogP) is 5.20. The molecule has 0 atom stereocenters. The van der Waals surface area contributed by atoms with Crippen molar-refractivity contribution >= 4 is 6.08 Å². The molecule has 0 fully saturated rings. The van der Waals surface area contributed by atoms with Gasteiger partial charge in [-0.25, -0.2) is 0 Å². The van der Waals surface area contributed by atoms with E-state index >= 15 is 0 Å². The lowest BCUT2D eigenvalue weighted by molar-refractivity contribution is -0.274. The fourth-order valence-electron chi connectivity index (χ4n) is 2.00. The van der Waals surface area contributed by atoms with E-state index in [-0.39, 0.29) is 5.75 Å². The minimum absolute atomic E-state index is 0.208. The molecule has 20 heavy (non-hydrogen) atoms. The second-order valence-corrected chi connectivity index (χ2v) is 4.38. The third kappa shape index (κ3) is 3.41. The van der Waals surface area contributed by atoms with Gasteiger partial charge in [0, 0.05) is 5.56 Å². The molecular weight excluding hydrogens is 265 g/mol. The zero-order chi connectivity index (χ0) is 14.8. The summed E-state index contributed by atoms with van der Waals surface area (Å²) in [4.78, 5) is 0. The van der Waals surface area contributed by atoms with E-state index < -0.39 is 6.36 Å². The highest BCUT2D eigenvalue weighted by molar-refractivity contribution is 5.73. The molecule has 2 aromatic carbocycles. The van der Waals surface area contributed by atoms with E-state index in [1.54, 1.807) is 24.3 Å². The highest BCUT2D eigenvalue weighted by atomic mass is 19.4. The van der Waals surface area contributed by atoms with Crippen LogP contribution in [0.1, 0.15) is 11.1 Å². The molecule has 0 aromatic heterocycles. The predicted molar refractivity (Wildman–Crippen MR) is 73.4 cm³/mol. The summed E-state index contributed by atoms with van der Waals surface area (Å²) in [6, 6.07) is 11.6. The Balaban J connectivity index is 2.52. The van der Waals surface area contributed by atoms with E-state index in [0.717, 1.165) is 11.1 Å².